The number of aromatic nitrogens is 2. The van der Waals surface area contributed by atoms with Crippen molar-refractivity contribution in [3.05, 3.63) is 18.2 Å². The van der Waals surface area contributed by atoms with Crippen molar-refractivity contribution >= 4 is 0 Å². The maximum absolute atomic E-state index is 4.26. The highest BCUT2D eigenvalue weighted by atomic mass is 15.1. The minimum absolute atomic E-state index is 0.610. The van der Waals surface area contributed by atoms with E-state index in [2.05, 4.69) is 21.8 Å². The number of nitrogens with one attached hydrogen (secondary N) is 1. The zero-order chi connectivity index (χ0) is 10.7. The molecule has 1 heterocycles. The van der Waals surface area contributed by atoms with E-state index in [0.29, 0.717) is 6.04 Å². The van der Waals surface area contributed by atoms with E-state index in [1.54, 1.807) is 0 Å². The Morgan fingerprint density at radius 1 is 1.53 bits per heavy atom. The number of nitrogens with zero attached hydrogens (tertiary/aromatic N) is 2. The first-order valence-corrected chi connectivity index (χ1v) is 5.98. The van der Waals surface area contributed by atoms with Crippen LogP contribution in [0.5, 0.6) is 0 Å². The van der Waals surface area contributed by atoms with Crippen molar-refractivity contribution in [3.63, 3.8) is 0 Å². The van der Waals surface area contributed by atoms with Gasteiger partial charge in [0.2, 0.25) is 0 Å². The summed E-state index contributed by atoms with van der Waals surface area (Å²) in [5.74, 6) is 0.856. The summed E-state index contributed by atoms with van der Waals surface area (Å²) in [5, 5.41) is 3.20. The zero-order valence-electron chi connectivity index (χ0n) is 9.74. The average Bonchev–Trinajstić information content (AvgIpc) is 2.87. The molecule has 0 radical (unpaired) electrons. The fourth-order valence-electron chi connectivity index (χ4n) is 2.68. The van der Waals surface area contributed by atoms with Crippen LogP contribution in [-0.4, -0.2) is 16.6 Å². The molecule has 0 bridgehead atoms. The standard InChI is InChI=1S/C12H21N3/c1-10(11-5-3-4-6-11)15-9-14-8-12(15)7-13-2/h8-11,13H,3-7H2,1-2H3. The Balaban J connectivity index is 2.09. The molecular formula is C12H21N3. The van der Waals surface area contributed by atoms with Gasteiger partial charge in [0.15, 0.2) is 0 Å². The highest BCUT2D eigenvalue weighted by molar-refractivity contribution is 5.00. The Bertz CT molecular complexity index is 300. The molecule has 0 amide bonds. The van der Waals surface area contributed by atoms with E-state index in [9.17, 15) is 0 Å². The molecule has 1 aliphatic carbocycles. The second kappa shape index (κ2) is 4.79. The van der Waals surface area contributed by atoms with Crippen LogP contribution in [0.4, 0.5) is 0 Å². The Labute approximate surface area is 91.9 Å². The molecule has 0 spiro atoms. The summed E-state index contributed by atoms with van der Waals surface area (Å²) in [5.41, 5.74) is 1.30. The van der Waals surface area contributed by atoms with Crippen LogP contribution >= 0.6 is 0 Å². The molecule has 2 rings (SSSR count). The van der Waals surface area contributed by atoms with E-state index in [1.165, 1.54) is 31.4 Å². The first-order chi connectivity index (χ1) is 7.33. The van der Waals surface area contributed by atoms with Gasteiger partial charge < -0.3 is 9.88 Å². The summed E-state index contributed by atoms with van der Waals surface area (Å²) in [6.07, 6.45) is 9.55. The molecule has 1 unspecified atom stereocenters. The summed E-state index contributed by atoms with van der Waals surface area (Å²) in [7, 11) is 1.98. The lowest BCUT2D eigenvalue weighted by Crippen LogP contribution is -2.18. The number of rotatable bonds is 4. The van der Waals surface area contributed by atoms with Gasteiger partial charge in [-0.1, -0.05) is 12.8 Å². The fraction of sp³-hybridized carbons (Fsp3) is 0.750. The predicted octanol–water partition coefficient (Wildman–Crippen LogP) is 2.35. The van der Waals surface area contributed by atoms with Crippen LogP contribution in [0, 0.1) is 5.92 Å². The summed E-state index contributed by atoms with van der Waals surface area (Å²) in [4.78, 5) is 4.26. The van der Waals surface area contributed by atoms with E-state index < -0.39 is 0 Å². The van der Waals surface area contributed by atoms with Crippen molar-refractivity contribution in [2.75, 3.05) is 7.05 Å². The topological polar surface area (TPSA) is 29.9 Å². The lowest BCUT2D eigenvalue weighted by Gasteiger charge is -2.22. The van der Waals surface area contributed by atoms with Crippen LogP contribution in [0.2, 0.25) is 0 Å². The second-order valence-electron chi connectivity index (χ2n) is 4.61. The molecule has 1 N–H and O–H groups in total. The monoisotopic (exact) mass is 207 g/mol. The molecule has 0 aliphatic heterocycles. The van der Waals surface area contributed by atoms with Gasteiger partial charge in [0.05, 0.1) is 12.0 Å². The number of hydrogen-bond donors (Lipinski definition) is 1. The minimum Gasteiger partial charge on any atom is -0.330 e. The average molecular weight is 207 g/mol. The van der Waals surface area contributed by atoms with Crippen LogP contribution in [-0.2, 0) is 6.54 Å². The van der Waals surface area contributed by atoms with Crippen molar-refractivity contribution < 1.29 is 0 Å². The third kappa shape index (κ3) is 2.23. The quantitative estimate of drug-likeness (QED) is 0.821. The number of hydrogen-bond acceptors (Lipinski definition) is 2. The van der Waals surface area contributed by atoms with Crippen LogP contribution in [0.25, 0.3) is 0 Å². The van der Waals surface area contributed by atoms with Gasteiger partial charge in [0.25, 0.3) is 0 Å². The summed E-state index contributed by atoms with van der Waals surface area (Å²) in [6.45, 7) is 3.24. The van der Waals surface area contributed by atoms with Gasteiger partial charge in [-0.25, -0.2) is 4.98 Å². The Kier molecular flexibility index (Phi) is 3.41. The lowest BCUT2D eigenvalue weighted by atomic mass is 9.99. The largest absolute Gasteiger partial charge is 0.330 e. The highest BCUT2D eigenvalue weighted by Crippen LogP contribution is 2.34. The minimum atomic E-state index is 0.610. The number of imidazole rings is 1. The molecule has 0 saturated heterocycles. The normalized spacial score (nSPS) is 19.6. The molecule has 1 aliphatic rings. The molecule has 1 fully saturated rings. The van der Waals surface area contributed by atoms with Crippen molar-refractivity contribution in [1.82, 2.24) is 14.9 Å². The van der Waals surface area contributed by atoms with E-state index in [1.807, 2.05) is 19.6 Å². The summed E-state index contributed by atoms with van der Waals surface area (Å²) >= 11 is 0. The lowest BCUT2D eigenvalue weighted by molar-refractivity contribution is 0.352. The third-order valence-electron chi connectivity index (χ3n) is 3.62. The first kappa shape index (κ1) is 10.7. The molecule has 1 atom stereocenters. The zero-order valence-corrected chi connectivity index (χ0v) is 9.74. The summed E-state index contributed by atoms with van der Waals surface area (Å²) < 4.78 is 2.34. The van der Waals surface area contributed by atoms with E-state index >= 15 is 0 Å². The maximum atomic E-state index is 4.26. The molecule has 3 nitrogen and oxygen atoms in total. The Morgan fingerprint density at radius 3 is 2.93 bits per heavy atom. The SMILES string of the molecule is CNCc1cncn1C(C)C1CCCC1. The van der Waals surface area contributed by atoms with Crippen LogP contribution < -0.4 is 5.32 Å². The molecule has 84 valence electrons. The van der Waals surface area contributed by atoms with E-state index in [0.717, 1.165) is 12.5 Å². The third-order valence-corrected chi connectivity index (χ3v) is 3.62. The highest BCUT2D eigenvalue weighted by Gasteiger charge is 2.23. The Hall–Kier alpha value is -0.830. The fourth-order valence-corrected chi connectivity index (χ4v) is 2.68. The molecule has 1 saturated carbocycles. The second-order valence-corrected chi connectivity index (χ2v) is 4.61. The van der Waals surface area contributed by atoms with Crippen LogP contribution in [0.1, 0.15) is 44.3 Å². The molecular weight excluding hydrogens is 186 g/mol. The first-order valence-electron chi connectivity index (χ1n) is 5.98. The summed E-state index contributed by atoms with van der Waals surface area (Å²) in [6, 6.07) is 0.610. The van der Waals surface area contributed by atoms with Crippen LogP contribution in [0.15, 0.2) is 12.5 Å². The van der Waals surface area contributed by atoms with Crippen LogP contribution in [0.3, 0.4) is 0 Å². The molecule has 0 aromatic carbocycles. The van der Waals surface area contributed by atoms with E-state index in [-0.39, 0.29) is 0 Å². The smallest absolute Gasteiger partial charge is 0.0951 e. The maximum Gasteiger partial charge on any atom is 0.0951 e. The van der Waals surface area contributed by atoms with Gasteiger partial charge >= 0.3 is 0 Å². The van der Waals surface area contributed by atoms with Crippen molar-refractivity contribution in [2.45, 2.75) is 45.2 Å². The van der Waals surface area contributed by atoms with Crippen molar-refractivity contribution in [2.24, 2.45) is 5.92 Å². The van der Waals surface area contributed by atoms with Gasteiger partial charge in [-0.2, -0.15) is 0 Å². The van der Waals surface area contributed by atoms with Gasteiger partial charge in [0, 0.05) is 18.8 Å². The molecule has 15 heavy (non-hydrogen) atoms. The molecule has 3 heteroatoms. The predicted molar refractivity (Wildman–Crippen MR) is 61.7 cm³/mol. The van der Waals surface area contributed by atoms with Crippen molar-refractivity contribution in [1.29, 1.82) is 0 Å². The van der Waals surface area contributed by atoms with Gasteiger partial charge in [-0.15, -0.1) is 0 Å². The molecule has 1 aromatic heterocycles. The van der Waals surface area contributed by atoms with E-state index in [4.69, 9.17) is 0 Å². The Morgan fingerprint density at radius 2 is 2.27 bits per heavy atom. The van der Waals surface area contributed by atoms with Gasteiger partial charge in [-0.05, 0) is 32.7 Å². The molecule has 1 aromatic rings. The van der Waals surface area contributed by atoms with Gasteiger partial charge in [-0.3, -0.25) is 0 Å². The van der Waals surface area contributed by atoms with Crippen molar-refractivity contribution in [3.8, 4) is 0 Å². The van der Waals surface area contributed by atoms with Gasteiger partial charge in [0.1, 0.15) is 0 Å².